The van der Waals surface area contributed by atoms with E-state index in [4.69, 9.17) is 4.74 Å². The molecule has 0 aromatic carbocycles. The van der Waals surface area contributed by atoms with Gasteiger partial charge < -0.3 is 15.0 Å². The predicted molar refractivity (Wildman–Crippen MR) is 102 cm³/mol. The highest BCUT2D eigenvalue weighted by atomic mass is 127. The molecule has 2 aliphatic rings. The number of aryl methyl sites for hydroxylation is 1. The number of carbonyl (C=O) groups is 1. The molecular formula is C17H25IN2O2S. The SMILES string of the molecule is CC(C)(C)OC(=O)N1CCC(NC2CCCc3sc(I)cc32)C1. The molecule has 1 saturated heterocycles. The first-order valence-corrected chi connectivity index (χ1v) is 10.2. The third-order valence-electron chi connectivity index (χ3n) is 4.36. The summed E-state index contributed by atoms with van der Waals surface area (Å²) in [5.74, 6) is 0. The van der Waals surface area contributed by atoms with Gasteiger partial charge in [0.05, 0.1) is 2.88 Å². The molecule has 0 bridgehead atoms. The standard InChI is InChI=1S/C17H25IN2O2S/c1-17(2,3)22-16(21)20-8-7-11(10-20)19-13-5-4-6-14-12(13)9-15(18)23-14/h9,11,13,19H,4-8,10H2,1-3H3. The van der Waals surface area contributed by atoms with E-state index in [1.807, 2.05) is 37.0 Å². The van der Waals surface area contributed by atoms with Crippen molar-refractivity contribution in [1.29, 1.82) is 0 Å². The average molecular weight is 448 g/mol. The van der Waals surface area contributed by atoms with Gasteiger partial charge in [-0.15, -0.1) is 11.3 Å². The fourth-order valence-corrected chi connectivity index (χ4v) is 5.49. The minimum Gasteiger partial charge on any atom is -0.444 e. The zero-order valence-corrected chi connectivity index (χ0v) is 17.0. The minimum absolute atomic E-state index is 0.184. The Bertz CT molecular complexity index is 582. The van der Waals surface area contributed by atoms with Crippen molar-refractivity contribution in [3.8, 4) is 0 Å². The number of hydrogen-bond acceptors (Lipinski definition) is 4. The monoisotopic (exact) mass is 448 g/mol. The van der Waals surface area contributed by atoms with Crippen molar-refractivity contribution in [1.82, 2.24) is 10.2 Å². The quantitative estimate of drug-likeness (QED) is 0.685. The van der Waals surface area contributed by atoms with Gasteiger partial charge in [0, 0.05) is 30.1 Å². The first-order valence-electron chi connectivity index (χ1n) is 8.34. The summed E-state index contributed by atoms with van der Waals surface area (Å²) < 4.78 is 6.86. The van der Waals surface area contributed by atoms with E-state index in [9.17, 15) is 4.79 Å². The van der Waals surface area contributed by atoms with E-state index in [1.54, 1.807) is 4.88 Å². The first-order chi connectivity index (χ1) is 10.8. The molecule has 0 saturated carbocycles. The van der Waals surface area contributed by atoms with Crippen LogP contribution in [0.2, 0.25) is 0 Å². The van der Waals surface area contributed by atoms with E-state index in [2.05, 4.69) is 34.0 Å². The Labute approximate surface area is 156 Å². The van der Waals surface area contributed by atoms with Gasteiger partial charge in [0.25, 0.3) is 0 Å². The van der Waals surface area contributed by atoms with Crippen LogP contribution in [0.1, 0.15) is 56.5 Å². The Morgan fingerprint density at radius 2 is 2.22 bits per heavy atom. The van der Waals surface area contributed by atoms with Crippen molar-refractivity contribution in [2.45, 2.75) is 64.1 Å². The molecule has 2 heterocycles. The van der Waals surface area contributed by atoms with E-state index in [0.717, 1.165) is 19.5 Å². The second kappa shape index (κ2) is 6.88. The highest BCUT2D eigenvalue weighted by Gasteiger charge is 2.32. The molecule has 0 spiro atoms. The molecule has 1 amide bonds. The predicted octanol–water partition coefficient (Wildman–Crippen LogP) is 4.33. The van der Waals surface area contributed by atoms with Gasteiger partial charge in [-0.25, -0.2) is 4.79 Å². The molecule has 1 aromatic heterocycles. The van der Waals surface area contributed by atoms with Gasteiger partial charge in [0.1, 0.15) is 5.60 Å². The zero-order valence-electron chi connectivity index (χ0n) is 14.0. The van der Waals surface area contributed by atoms with Crippen LogP contribution in [0.3, 0.4) is 0 Å². The lowest BCUT2D eigenvalue weighted by atomic mass is 9.93. The van der Waals surface area contributed by atoms with Gasteiger partial charge in [-0.1, -0.05) is 0 Å². The minimum atomic E-state index is -0.422. The Morgan fingerprint density at radius 1 is 1.43 bits per heavy atom. The van der Waals surface area contributed by atoms with Crippen LogP contribution < -0.4 is 5.32 Å². The molecule has 1 aromatic rings. The molecule has 0 radical (unpaired) electrons. The van der Waals surface area contributed by atoms with Crippen LogP contribution in [0.25, 0.3) is 0 Å². The van der Waals surface area contributed by atoms with E-state index in [1.165, 1.54) is 27.7 Å². The number of carbonyl (C=O) groups excluding carboxylic acids is 1. The molecule has 1 aliphatic carbocycles. The summed E-state index contributed by atoms with van der Waals surface area (Å²) in [6.45, 7) is 7.28. The molecule has 3 rings (SSSR count). The maximum absolute atomic E-state index is 12.2. The van der Waals surface area contributed by atoms with E-state index < -0.39 is 5.60 Å². The van der Waals surface area contributed by atoms with Crippen molar-refractivity contribution >= 4 is 40.0 Å². The van der Waals surface area contributed by atoms with Crippen molar-refractivity contribution in [2.75, 3.05) is 13.1 Å². The number of hydrogen-bond donors (Lipinski definition) is 1. The molecule has 1 fully saturated rings. The van der Waals surface area contributed by atoms with Crippen LogP contribution >= 0.6 is 33.9 Å². The van der Waals surface area contributed by atoms with Gasteiger partial charge in [0.15, 0.2) is 0 Å². The lowest BCUT2D eigenvalue weighted by molar-refractivity contribution is 0.0290. The maximum atomic E-state index is 12.2. The molecule has 2 atom stereocenters. The van der Waals surface area contributed by atoms with Crippen LogP contribution in [0.15, 0.2) is 6.07 Å². The van der Waals surface area contributed by atoms with Crippen LogP contribution in [0, 0.1) is 2.88 Å². The van der Waals surface area contributed by atoms with E-state index in [-0.39, 0.29) is 6.09 Å². The highest BCUT2D eigenvalue weighted by Crippen LogP contribution is 2.37. The highest BCUT2D eigenvalue weighted by molar-refractivity contribution is 14.1. The molecular weight excluding hydrogens is 423 g/mol. The second-order valence-electron chi connectivity index (χ2n) is 7.45. The normalized spacial score (nSPS) is 24.6. The molecule has 128 valence electrons. The summed E-state index contributed by atoms with van der Waals surface area (Å²) in [6, 6.07) is 3.15. The van der Waals surface area contributed by atoms with Gasteiger partial charge >= 0.3 is 6.09 Å². The third kappa shape index (κ3) is 4.39. The number of fused-ring (bicyclic) bond motifs is 1. The molecule has 4 nitrogen and oxygen atoms in total. The van der Waals surface area contributed by atoms with Crippen LogP contribution in [-0.2, 0) is 11.2 Å². The summed E-state index contributed by atoms with van der Waals surface area (Å²) in [6.07, 6.45) is 4.49. The van der Waals surface area contributed by atoms with Gasteiger partial charge in [0.2, 0.25) is 0 Å². The second-order valence-corrected chi connectivity index (χ2v) is 10.5. The Morgan fingerprint density at radius 3 is 2.96 bits per heavy atom. The Balaban J connectivity index is 1.58. The molecule has 23 heavy (non-hydrogen) atoms. The first kappa shape index (κ1) is 17.5. The fraction of sp³-hybridized carbons (Fsp3) is 0.706. The number of halogens is 1. The van der Waals surface area contributed by atoms with Crippen molar-refractivity contribution in [3.05, 3.63) is 19.4 Å². The van der Waals surface area contributed by atoms with Crippen LogP contribution in [-0.4, -0.2) is 35.7 Å². The number of ether oxygens (including phenoxy) is 1. The molecule has 1 aliphatic heterocycles. The summed E-state index contributed by atoms with van der Waals surface area (Å²) >= 11 is 4.35. The van der Waals surface area contributed by atoms with Gasteiger partial charge in [-0.3, -0.25) is 0 Å². The van der Waals surface area contributed by atoms with Crippen LogP contribution in [0.4, 0.5) is 4.79 Å². The molecule has 1 N–H and O–H groups in total. The van der Waals surface area contributed by atoms with Crippen molar-refractivity contribution in [3.63, 3.8) is 0 Å². The summed E-state index contributed by atoms with van der Waals surface area (Å²) in [7, 11) is 0. The fourth-order valence-electron chi connectivity index (χ4n) is 3.37. The summed E-state index contributed by atoms with van der Waals surface area (Å²) in [5.41, 5.74) is 1.06. The largest absolute Gasteiger partial charge is 0.444 e. The number of thiophene rings is 1. The number of rotatable bonds is 2. The third-order valence-corrected chi connectivity index (χ3v) is 6.33. The lowest BCUT2D eigenvalue weighted by Crippen LogP contribution is -2.39. The lowest BCUT2D eigenvalue weighted by Gasteiger charge is -2.27. The Hall–Kier alpha value is -0.340. The smallest absolute Gasteiger partial charge is 0.410 e. The number of nitrogens with one attached hydrogen (secondary N) is 1. The van der Waals surface area contributed by atoms with Crippen LogP contribution in [0.5, 0.6) is 0 Å². The molecule has 6 heteroatoms. The summed E-state index contributed by atoms with van der Waals surface area (Å²) in [4.78, 5) is 15.6. The number of amides is 1. The van der Waals surface area contributed by atoms with Gasteiger partial charge in [-0.2, -0.15) is 0 Å². The van der Waals surface area contributed by atoms with E-state index >= 15 is 0 Å². The number of nitrogens with zero attached hydrogens (tertiary/aromatic N) is 1. The van der Waals surface area contributed by atoms with E-state index in [0.29, 0.717) is 12.1 Å². The zero-order chi connectivity index (χ0) is 16.6. The van der Waals surface area contributed by atoms with Gasteiger partial charge in [-0.05, 0) is 80.7 Å². The topological polar surface area (TPSA) is 41.6 Å². The molecule has 2 unspecified atom stereocenters. The average Bonchev–Trinajstić information content (AvgIpc) is 3.03. The Kier molecular flexibility index (Phi) is 5.23. The van der Waals surface area contributed by atoms with Crippen molar-refractivity contribution in [2.24, 2.45) is 0 Å². The maximum Gasteiger partial charge on any atom is 0.410 e. The van der Waals surface area contributed by atoms with Crippen molar-refractivity contribution < 1.29 is 9.53 Å². The number of likely N-dealkylation sites (tertiary alicyclic amines) is 1. The summed E-state index contributed by atoms with van der Waals surface area (Å²) in [5, 5.41) is 3.79.